The number of anilines is 1. The zero-order chi connectivity index (χ0) is 30.6. The molecule has 6 rings (SSSR count). The summed E-state index contributed by atoms with van der Waals surface area (Å²) in [6.07, 6.45) is 9.19. The zero-order valence-corrected chi connectivity index (χ0v) is 27.0. The maximum Gasteiger partial charge on any atom is 0.264 e. The fourth-order valence-corrected chi connectivity index (χ4v) is 8.58. The average molecular weight is 628 g/mol. The van der Waals surface area contributed by atoms with Gasteiger partial charge in [0.15, 0.2) is 0 Å². The number of fused-ring (bicyclic) bond motifs is 4. The molecule has 0 saturated heterocycles. The van der Waals surface area contributed by atoms with Gasteiger partial charge in [-0.25, -0.2) is 13.1 Å². The van der Waals surface area contributed by atoms with E-state index in [0.717, 1.165) is 49.4 Å². The molecule has 2 heterocycles. The number of hydrogen-bond acceptors (Lipinski definition) is 7. The van der Waals surface area contributed by atoms with E-state index in [4.69, 9.17) is 21.1 Å². The molecule has 4 atom stereocenters. The minimum absolute atomic E-state index is 0.0436. The first-order chi connectivity index (χ1) is 20.4. The van der Waals surface area contributed by atoms with Crippen LogP contribution in [0.3, 0.4) is 0 Å². The number of benzene rings is 2. The molecule has 10 heteroatoms. The Morgan fingerprint density at radius 2 is 1.95 bits per heavy atom. The van der Waals surface area contributed by atoms with E-state index in [1.807, 2.05) is 24.1 Å². The molecule has 8 nitrogen and oxygen atoms in total. The molecular formula is C33H42ClN3O5S. The molecule has 0 radical (unpaired) electrons. The molecule has 2 bridgehead atoms. The number of hydrogen-bond donors (Lipinski definition) is 1. The SMILES string of the molecule is CO[C@H]1/C=C\CN(C)C(C)(C)C(=O)NS(=O)(=O)c2ccc3c(c2)N(C[C@@H]2CC[C@H]21)C[C@@]1(CCCc2cc(Cl)ccc21)CO3. The van der Waals surface area contributed by atoms with Gasteiger partial charge in [0, 0.05) is 37.2 Å². The van der Waals surface area contributed by atoms with E-state index in [9.17, 15) is 13.2 Å². The highest BCUT2D eigenvalue weighted by Gasteiger charge is 2.45. The number of likely N-dealkylation sites (N-methyl/N-ethyl adjacent to an activating group) is 1. The summed E-state index contributed by atoms with van der Waals surface area (Å²) in [6.45, 7) is 5.87. The van der Waals surface area contributed by atoms with E-state index in [0.29, 0.717) is 37.3 Å². The Labute approximate surface area is 260 Å². The molecule has 232 valence electrons. The number of aryl methyl sites for hydroxylation is 1. The van der Waals surface area contributed by atoms with Crippen LogP contribution in [-0.4, -0.2) is 71.3 Å². The summed E-state index contributed by atoms with van der Waals surface area (Å²) >= 11 is 6.41. The summed E-state index contributed by atoms with van der Waals surface area (Å²) in [5, 5.41) is 0.737. The van der Waals surface area contributed by atoms with Crippen molar-refractivity contribution in [2.75, 3.05) is 45.3 Å². The molecule has 1 spiro atoms. The van der Waals surface area contributed by atoms with Gasteiger partial charge < -0.3 is 14.4 Å². The number of amides is 1. The van der Waals surface area contributed by atoms with Gasteiger partial charge in [0.1, 0.15) is 5.75 Å². The monoisotopic (exact) mass is 627 g/mol. The number of nitrogens with one attached hydrogen (secondary N) is 1. The quantitative estimate of drug-likeness (QED) is 0.448. The van der Waals surface area contributed by atoms with Crippen LogP contribution >= 0.6 is 11.6 Å². The van der Waals surface area contributed by atoms with Crippen LogP contribution in [0.2, 0.25) is 5.02 Å². The van der Waals surface area contributed by atoms with Crippen molar-refractivity contribution in [2.24, 2.45) is 11.8 Å². The van der Waals surface area contributed by atoms with Crippen molar-refractivity contribution < 1.29 is 22.7 Å². The lowest BCUT2D eigenvalue weighted by Gasteiger charge is -2.46. The van der Waals surface area contributed by atoms with E-state index in [2.05, 4.69) is 27.8 Å². The Balaban J connectivity index is 1.45. The first-order valence-electron chi connectivity index (χ1n) is 15.2. The molecule has 2 aromatic carbocycles. The van der Waals surface area contributed by atoms with E-state index < -0.39 is 21.5 Å². The lowest BCUT2D eigenvalue weighted by atomic mass is 9.68. The normalized spacial score (nSPS) is 31.0. The second-order valence-corrected chi connectivity index (χ2v) is 15.4. The van der Waals surface area contributed by atoms with Crippen molar-refractivity contribution in [3.05, 3.63) is 64.7 Å². The third-order valence-corrected chi connectivity index (χ3v) is 12.0. The summed E-state index contributed by atoms with van der Waals surface area (Å²) in [4.78, 5) is 17.6. The summed E-state index contributed by atoms with van der Waals surface area (Å²) < 4.78 is 42.1. The summed E-state index contributed by atoms with van der Waals surface area (Å²) in [6, 6.07) is 11.1. The predicted molar refractivity (Wildman–Crippen MR) is 168 cm³/mol. The summed E-state index contributed by atoms with van der Waals surface area (Å²) in [5.41, 5.74) is 1.93. The van der Waals surface area contributed by atoms with Crippen LogP contribution in [-0.2, 0) is 31.4 Å². The third kappa shape index (κ3) is 5.58. The number of carbonyl (C=O) groups is 1. The van der Waals surface area contributed by atoms with E-state index in [1.54, 1.807) is 33.1 Å². The van der Waals surface area contributed by atoms with Gasteiger partial charge in [-0.3, -0.25) is 9.69 Å². The van der Waals surface area contributed by atoms with Crippen LogP contribution in [0, 0.1) is 11.8 Å². The minimum Gasteiger partial charge on any atom is -0.490 e. The summed E-state index contributed by atoms with van der Waals surface area (Å²) in [5.74, 6) is 0.775. The van der Waals surface area contributed by atoms with Gasteiger partial charge in [0.05, 0.1) is 28.8 Å². The van der Waals surface area contributed by atoms with Crippen LogP contribution < -0.4 is 14.4 Å². The molecule has 1 saturated carbocycles. The molecule has 2 aliphatic carbocycles. The van der Waals surface area contributed by atoms with Gasteiger partial charge in [-0.05, 0) is 106 Å². The molecule has 2 aliphatic heterocycles. The van der Waals surface area contributed by atoms with Crippen molar-refractivity contribution >= 4 is 33.2 Å². The van der Waals surface area contributed by atoms with Crippen molar-refractivity contribution in [3.63, 3.8) is 0 Å². The van der Waals surface area contributed by atoms with Crippen LogP contribution in [0.5, 0.6) is 5.75 Å². The van der Waals surface area contributed by atoms with E-state index in [1.165, 1.54) is 17.2 Å². The fraction of sp³-hybridized carbons (Fsp3) is 0.545. The van der Waals surface area contributed by atoms with Crippen LogP contribution in [0.4, 0.5) is 5.69 Å². The molecular weight excluding hydrogens is 586 g/mol. The predicted octanol–water partition coefficient (Wildman–Crippen LogP) is 4.94. The number of nitrogens with zero attached hydrogens (tertiary/aromatic N) is 2. The van der Waals surface area contributed by atoms with Crippen molar-refractivity contribution in [1.82, 2.24) is 9.62 Å². The maximum absolute atomic E-state index is 13.6. The number of ether oxygens (including phenoxy) is 2. The zero-order valence-electron chi connectivity index (χ0n) is 25.4. The van der Waals surface area contributed by atoms with Crippen LogP contribution in [0.25, 0.3) is 0 Å². The molecule has 1 fully saturated rings. The van der Waals surface area contributed by atoms with Gasteiger partial charge in [-0.15, -0.1) is 0 Å². The Morgan fingerprint density at radius 3 is 2.70 bits per heavy atom. The fourth-order valence-electron chi connectivity index (χ4n) is 7.25. The van der Waals surface area contributed by atoms with Crippen molar-refractivity contribution in [2.45, 2.75) is 67.9 Å². The number of methoxy groups -OCH3 is 1. The van der Waals surface area contributed by atoms with Gasteiger partial charge in [-0.2, -0.15) is 0 Å². The highest BCUT2D eigenvalue weighted by atomic mass is 35.5. The molecule has 43 heavy (non-hydrogen) atoms. The first-order valence-corrected chi connectivity index (χ1v) is 17.1. The van der Waals surface area contributed by atoms with Gasteiger partial charge in [-0.1, -0.05) is 29.8 Å². The molecule has 1 amide bonds. The first kappa shape index (κ1) is 30.4. The van der Waals surface area contributed by atoms with Crippen molar-refractivity contribution in [3.8, 4) is 5.75 Å². The van der Waals surface area contributed by atoms with Crippen LogP contribution in [0.1, 0.15) is 50.7 Å². The number of halogens is 1. The number of carbonyl (C=O) groups excluding carboxylic acids is 1. The Kier molecular flexibility index (Phi) is 8.07. The lowest BCUT2D eigenvalue weighted by Crippen LogP contribution is -2.54. The number of sulfonamides is 1. The minimum atomic E-state index is -4.14. The topological polar surface area (TPSA) is 88.2 Å². The van der Waals surface area contributed by atoms with E-state index in [-0.39, 0.29) is 16.4 Å². The Hall–Kier alpha value is -2.59. The average Bonchev–Trinajstić information content (AvgIpc) is 3.10. The molecule has 0 unspecified atom stereocenters. The highest BCUT2D eigenvalue weighted by molar-refractivity contribution is 7.90. The van der Waals surface area contributed by atoms with Gasteiger partial charge in [0.25, 0.3) is 15.9 Å². The Bertz CT molecular complexity index is 1540. The molecule has 4 aliphatic rings. The second-order valence-electron chi connectivity index (χ2n) is 13.2. The second kappa shape index (κ2) is 11.4. The third-order valence-electron chi connectivity index (χ3n) is 10.4. The molecule has 0 aromatic heterocycles. The smallest absolute Gasteiger partial charge is 0.264 e. The largest absolute Gasteiger partial charge is 0.490 e. The summed E-state index contributed by atoms with van der Waals surface area (Å²) in [7, 11) is -0.560. The lowest BCUT2D eigenvalue weighted by molar-refractivity contribution is -0.128. The number of rotatable bonds is 1. The van der Waals surface area contributed by atoms with Crippen molar-refractivity contribution in [1.29, 1.82) is 0 Å². The van der Waals surface area contributed by atoms with E-state index >= 15 is 0 Å². The standard InChI is InChI=1S/C33H42ClN3O5S/c1-32(2)31(38)35-43(39,40)25-11-14-30-28(18-25)37(19-23-9-12-26(23)29(41-4)8-6-16-36(32)3)20-33(21-42-30)15-5-7-22-17-24(34)10-13-27(22)33/h6,8,10-11,13-14,17-18,23,26,29H,5,7,9,12,15-16,19-21H2,1-4H3,(H,35,38)/b8-6-/t23-,26+,29-,33-/m0/s1. The van der Waals surface area contributed by atoms with Crippen LogP contribution in [0.15, 0.2) is 53.4 Å². The highest BCUT2D eigenvalue weighted by Crippen LogP contribution is 2.47. The Morgan fingerprint density at radius 1 is 1.14 bits per heavy atom. The van der Waals surface area contributed by atoms with Gasteiger partial charge in [0.2, 0.25) is 0 Å². The van der Waals surface area contributed by atoms with Gasteiger partial charge >= 0.3 is 0 Å². The molecule has 2 aromatic rings. The maximum atomic E-state index is 13.6. The molecule has 1 N–H and O–H groups in total.